The van der Waals surface area contributed by atoms with E-state index in [2.05, 4.69) is 26.0 Å². The number of carbonyl (C=O) groups is 1. The molecule has 0 unspecified atom stereocenters. The van der Waals surface area contributed by atoms with Gasteiger partial charge in [-0.25, -0.2) is 0 Å². The Morgan fingerprint density at radius 1 is 0.900 bits per heavy atom. The summed E-state index contributed by atoms with van der Waals surface area (Å²) in [5.41, 5.74) is 4.61. The van der Waals surface area contributed by atoms with Gasteiger partial charge in [0.15, 0.2) is 0 Å². The number of Topliss-reactive ketones (excluding diaryl/α,β-unsaturated/α-hetero) is 1. The number of aryl methyl sites for hydroxylation is 2. The van der Waals surface area contributed by atoms with Gasteiger partial charge in [-0.2, -0.15) is 0 Å². The van der Waals surface area contributed by atoms with Crippen LogP contribution in [0.15, 0.2) is 42.5 Å². The zero-order chi connectivity index (χ0) is 14.5. The molecule has 2 rings (SSSR count). The summed E-state index contributed by atoms with van der Waals surface area (Å²) in [5.74, 6) is 1.05. The number of hydrogen-bond acceptors (Lipinski definition) is 2. The molecule has 0 fully saturated rings. The first kappa shape index (κ1) is 14.3. The number of hydrogen-bond donors (Lipinski definition) is 0. The molecule has 0 spiro atoms. The number of ketones is 1. The highest BCUT2D eigenvalue weighted by molar-refractivity contribution is 5.83. The fourth-order valence-electron chi connectivity index (χ4n) is 2.17. The molecule has 20 heavy (non-hydrogen) atoms. The Balaban J connectivity index is 1.99. The van der Waals surface area contributed by atoms with Crippen molar-refractivity contribution in [2.24, 2.45) is 0 Å². The van der Waals surface area contributed by atoms with Crippen LogP contribution in [0.1, 0.15) is 22.3 Å². The Kier molecular flexibility index (Phi) is 4.57. The zero-order valence-electron chi connectivity index (χ0n) is 12.3. The van der Waals surface area contributed by atoms with E-state index in [4.69, 9.17) is 4.74 Å². The molecule has 0 saturated heterocycles. The summed E-state index contributed by atoms with van der Waals surface area (Å²) in [6.07, 6.45) is 0.962. The highest BCUT2D eigenvalue weighted by atomic mass is 16.5. The van der Waals surface area contributed by atoms with Gasteiger partial charge in [-0.1, -0.05) is 30.3 Å². The molecule has 2 nitrogen and oxygen atoms in total. The maximum Gasteiger partial charge on any atom is 0.141 e. The maximum atomic E-state index is 12.1. The fraction of sp³-hybridized carbons (Fsp3) is 0.278. The van der Waals surface area contributed by atoms with Crippen LogP contribution in [0, 0.1) is 13.8 Å². The standard InChI is InChI=1S/C18H20O2/c1-13-4-5-16(10-14(13)2)12-17(19)11-15-6-8-18(20-3)9-7-15/h4-10H,11-12H2,1-3H3. The summed E-state index contributed by atoms with van der Waals surface area (Å²) in [4.78, 5) is 12.1. The van der Waals surface area contributed by atoms with Crippen LogP contribution >= 0.6 is 0 Å². The van der Waals surface area contributed by atoms with Crippen molar-refractivity contribution < 1.29 is 9.53 Å². The summed E-state index contributed by atoms with van der Waals surface area (Å²) < 4.78 is 5.11. The highest BCUT2D eigenvalue weighted by Gasteiger charge is 2.06. The predicted molar refractivity (Wildman–Crippen MR) is 81.3 cm³/mol. The molecule has 2 heteroatoms. The number of methoxy groups -OCH3 is 1. The molecule has 104 valence electrons. The van der Waals surface area contributed by atoms with Crippen molar-refractivity contribution in [1.29, 1.82) is 0 Å². The molecule has 0 bridgehead atoms. The van der Waals surface area contributed by atoms with Crippen molar-refractivity contribution >= 4 is 5.78 Å². The molecule has 0 atom stereocenters. The smallest absolute Gasteiger partial charge is 0.141 e. The Labute approximate surface area is 120 Å². The molecule has 0 heterocycles. The second-order valence-corrected chi connectivity index (χ2v) is 5.16. The number of carbonyl (C=O) groups excluding carboxylic acids is 1. The Morgan fingerprint density at radius 2 is 1.50 bits per heavy atom. The van der Waals surface area contributed by atoms with E-state index in [1.807, 2.05) is 30.3 Å². The molecule has 2 aromatic carbocycles. The van der Waals surface area contributed by atoms with Crippen LogP contribution in [-0.4, -0.2) is 12.9 Å². The normalized spacial score (nSPS) is 10.3. The van der Waals surface area contributed by atoms with Gasteiger partial charge < -0.3 is 4.74 Å². The van der Waals surface area contributed by atoms with Gasteiger partial charge in [0.25, 0.3) is 0 Å². The summed E-state index contributed by atoms with van der Waals surface area (Å²) in [5, 5.41) is 0. The minimum Gasteiger partial charge on any atom is -0.497 e. The monoisotopic (exact) mass is 268 g/mol. The lowest BCUT2D eigenvalue weighted by Crippen LogP contribution is -2.06. The number of ether oxygens (including phenoxy) is 1. The highest BCUT2D eigenvalue weighted by Crippen LogP contribution is 2.14. The molecule has 0 N–H and O–H groups in total. The van der Waals surface area contributed by atoms with Crippen molar-refractivity contribution in [1.82, 2.24) is 0 Å². The third kappa shape index (κ3) is 3.70. The van der Waals surface area contributed by atoms with Crippen molar-refractivity contribution in [2.75, 3.05) is 7.11 Å². The minimum absolute atomic E-state index is 0.235. The molecular formula is C18H20O2. The Bertz CT molecular complexity index is 597. The largest absolute Gasteiger partial charge is 0.497 e. The molecule has 0 aliphatic heterocycles. The average Bonchev–Trinajstić information content (AvgIpc) is 2.44. The van der Waals surface area contributed by atoms with Crippen molar-refractivity contribution in [3.8, 4) is 5.75 Å². The van der Waals surface area contributed by atoms with Crippen LogP contribution in [0.5, 0.6) is 5.75 Å². The first-order valence-corrected chi connectivity index (χ1v) is 6.79. The van der Waals surface area contributed by atoms with Gasteiger partial charge in [0.1, 0.15) is 11.5 Å². The molecule has 0 aliphatic carbocycles. The topological polar surface area (TPSA) is 26.3 Å². The molecule has 0 amide bonds. The van der Waals surface area contributed by atoms with E-state index in [9.17, 15) is 4.79 Å². The Hall–Kier alpha value is -2.09. The summed E-state index contributed by atoms with van der Waals surface area (Å²) in [6, 6.07) is 13.9. The first-order chi connectivity index (χ1) is 9.58. The van der Waals surface area contributed by atoms with Gasteiger partial charge in [-0.15, -0.1) is 0 Å². The molecule has 2 aromatic rings. The number of benzene rings is 2. The average molecular weight is 268 g/mol. The minimum atomic E-state index is 0.235. The van der Waals surface area contributed by atoms with Crippen LogP contribution in [0.2, 0.25) is 0 Å². The summed E-state index contributed by atoms with van der Waals surface area (Å²) >= 11 is 0. The lowest BCUT2D eigenvalue weighted by atomic mass is 9.99. The van der Waals surface area contributed by atoms with Gasteiger partial charge in [0.05, 0.1) is 7.11 Å². The van der Waals surface area contributed by atoms with Crippen molar-refractivity contribution in [3.63, 3.8) is 0 Å². The molecule has 0 aromatic heterocycles. The van der Waals surface area contributed by atoms with E-state index >= 15 is 0 Å². The lowest BCUT2D eigenvalue weighted by Gasteiger charge is -2.06. The predicted octanol–water partition coefficient (Wildman–Crippen LogP) is 3.67. The number of rotatable bonds is 5. The fourth-order valence-corrected chi connectivity index (χ4v) is 2.17. The van der Waals surface area contributed by atoms with Gasteiger partial charge in [0.2, 0.25) is 0 Å². The van der Waals surface area contributed by atoms with E-state index in [-0.39, 0.29) is 5.78 Å². The van der Waals surface area contributed by atoms with E-state index < -0.39 is 0 Å². The Morgan fingerprint density at radius 3 is 2.10 bits per heavy atom. The van der Waals surface area contributed by atoms with Gasteiger partial charge in [-0.05, 0) is 48.2 Å². The third-order valence-corrected chi connectivity index (χ3v) is 3.53. The van der Waals surface area contributed by atoms with Crippen LogP contribution in [-0.2, 0) is 17.6 Å². The van der Waals surface area contributed by atoms with Crippen molar-refractivity contribution in [3.05, 3.63) is 64.7 Å². The SMILES string of the molecule is COc1ccc(CC(=O)Cc2ccc(C)c(C)c2)cc1. The quantitative estimate of drug-likeness (QED) is 0.827. The van der Waals surface area contributed by atoms with Crippen LogP contribution < -0.4 is 4.74 Å². The maximum absolute atomic E-state index is 12.1. The van der Waals surface area contributed by atoms with Gasteiger partial charge in [0, 0.05) is 12.8 Å². The molecule has 0 aliphatic rings. The molecule has 0 saturated carbocycles. The second-order valence-electron chi connectivity index (χ2n) is 5.16. The van der Waals surface area contributed by atoms with Crippen LogP contribution in [0.4, 0.5) is 0 Å². The third-order valence-electron chi connectivity index (χ3n) is 3.53. The second kappa shape index (κ2) is 6.38. The van der Waals surface area contributed by atoms with E-state index in [0.29, 0.717) is 12.8 Å². The summed E-state index contributed by atoms with van der Waals surface area (Å²) in [7, 11) is 1.64. The lowest BCUT2D eigenvalue weighted by molar-refractivity contribution is -0.117. The molecule has 0 radical (unpaired) electrons. The van der Waals surface area contributed by atoms with Crippen LogP contribution in [0.25, 0.3) is 0 Å². The zero-order valence-corrected chi connectivity index (χ0v) is 12.3. The first-order valence-electron chi connectivity index (χ1n) is 6.79. The van der Waals surface area contributed by atoms with Gasteiger partial charge >= 0.3 is 0 Å². The molecular weight excluding hydrogens is 248 g/mol. The van der Waals surface area contributed by atoms with Crippen LogP contribution in [0.3, 0.4) is 0 Å². The summed E-state index contributed by atoms with van der Waals surface area (Å²) in [6.45, 7) is 4.16. The van der Waals surface area contributed by atoms with Crippen molar-refractivity contribution in [2.45, 2.75) is 26.7 Å². The van der Waals surface area contributed by atoms with E-state index in [0.717, 1.165) is 16.9 Å². The van der Waals surface area contributed by atoms with E-state index in [1.54, 1.807) is 7.11 Å². The van der Waals surface area contributed by atoms with E-state index in [1.165, 1.54) is 11.1 Å². The van der Waals surface area contributed by atoms with Gasteiger partial charge in [-0.3, -0.25) is 4.79 Å².